The van der Waals surface area contributed by atoms with E-state index in [9.17, 15) is 0 Å². The van der Waals surface area contributed by atoms with Crippen LogP contribution in [0.1, 0.15) is 37.9 Å². The number of nitrogens with two attached hydrogens (primary N) is 1. The predicted octanol–water partition coefficient (Wildman–Crippen LogP) is 0.995. The summed E-state index contributed by atoms with van der Waals surface area (Å²) in [5, 5.41) is 10.2. The number of nitrogens with zero attached hydrogens (tertiary/aromatic N) is 2. The third kappa shape index (κ3) is 2.31. The van der Waals surface area contributed by atoms with Gasteiger partial charge < -0.3 is 5.73 Å². The minimum Gasteiger partial charge on any atom is -0.323 e. The number of hydrogen-bond acceptors (Lipinski definition) is 3. The quantitative estimate of drug-likeness (QED) is 0.679. The topological polar surface area (TPSA) is 67.6 Å². The van der Waals surface area contributed by atoms with Crippen LogP contribution in [-0.2, 0) is 0 Å². The third-order valence-electron chi connectivity index (χ3n) is 1.68. The van der Waals surface area contributed by atoms with Crippen molar-refractivity contribution >= 4 is 0 Å². The number of nitrogens with one attached hydrogen (secondary N) is 1. The van der Waals surface area contributed by atoms with Crippen LogP contribution in [0.3, 0.4) is 0 Å². The molecule has 1 unspecified atom stereocenters. The fourth-order valence-corrected chi connectivity index (χ4v) is 0.961. The van der Waals surface area contributed by atoms with Crippen LogP contribution in [0.2, 0.25) is 0 Å². The van der Waals surface area contributed by atoms with E-state index in [1.807, 2.05) is 0 Å². The molecule has 11 heavy (non-hydrogen) atoms. The summed E-state index contributed by atoms with van der Waals surface area (Å²) in [5.41, 5.74) is 6.66. The molecule has 0 aliphatic rings. The Morgan fingerprint density at radius 3 is 3.09 bits per heavy atom. The summed E-state index contributed by atoms with van der Waals surface area (Å²) >= 11 is 0. The van der Waals surface area contributed by atoms with Gasteiger partial charge in [0.2, 0.25) is 0 Å². The van der Waals surface area contributed by atoms with Gasteiger partial charge in [0, 0.05) is 0 Å². The standard InChI is InChI=1S/C7H14N4/c1-2-3-4-6(8)7-5-9-11-10-7/h5-6H,2-4,8H2,1H3,(H,9,10,11). The van der Waals surface area contributed by atoms with Gasteiger partial charge in [-0.3, -0.25) is 0 Å². The fourth-order valence-electron chi connectivity index (χ4n) is 0.961. The van der Waals surface area contributed by atoms with Crippen LogP contribution < -0.4 is 5.73 Å². The number of aromatic nitrogens is 3. The molecule has 0 radical (unpaired) electrons. The molecule has 0 saturated heterocycles. The predicted molar refractivity (Wildman–Crippen MR) is 42.8 cm³/mol. The van der Waals surface area contributed by atoms with E-state index in [0.29, 0.717) is 0 Å². The summed E-state index contributed by atoms with van der Waals surface area (Å²) in [5.74, 6) is 0. The molecule has 1 atom stereocenters. The number of H-pyrrole nitrogens is 1. The second-order valence-corrected chi connectivity index (χ2v) is 2.64. The van der Waals surface area contributed by atoms with Crippen molar-refractivity contribution in [2.45, 2.75) is 32.2 Å². The van der Waals surface area contributed by atoms with Crippen molar-refractivity contribution in [1.29, 1.82) is 0 Å². The summed E-state index contributed by atoms with van der Waals surface area (Å²) < 4.78 is 0. The molecular formula is C7H14N4. The maximum Gasteiger partial charge on any atom is 0.0991 e. The van der Waals surface area contributed by atoms with Gasteiger partial charge in [0.15, 0.2) is 0 Å². The highest BCUT2D eigenvalue weighted by Gasteiger charge is 2.06. The summed E-state index contributed by atoms with van der Waals surface area (Å²) in [6.45, 7) is 2.15. The Morgan fingerprint density at radius 1 is 1.73 bits per heavy atom. The Morgan fingerprint density at radius 2 is 2.55 bits per heavy atom. The van der Waals surface area contributed by atoms with Gasteiger partial charge in [-0.2, -0.15) is 15.4 Å². The van der Waals surface area contributed by atoms with Crippen molar-refractivity contribution in [1.82, 2.24) is 15.4 Å². The molecule has 0 aliphatic carbocycles. The van der Waals surface area contributed by atoms with Crippen molar-refractivity contribution in [2.24, 2.45) is 5.73 Å². The average molecular weight is 154 g/mol. The Kier molecular flexibility index (Phi) is 3.04. The monoisotopic (exact) mass is 154 g/mol. The van der Waals surface area contributed by atoms with Crippen LogP contribution >= 0.6 is 0 Å². The van der Waals surface area contributed by atoms with Gasteiger partial charge in [-0.05, 0) is 6.42 Å². The molecule has 1 aromatic rings. The zero-order valence-corrected chi connectivity index (χ0v) is 6.75. The Labute approximate surface area is 66.2 Å². The molecule has 0 saturated carbocycles. The molecule has 1 aromatic heterocycles. The van der Waals surface area contributed by atoms with E-state index < -0.39 is 0 Å². The molecule has 0 spiro atoms. The summed E-state index contributed by atoms with van der Waals surface area (Å²) in [4.78, 5) is 0. The zero-order valence-electron chi connectivity index (χ0n) is 6.75. The molecule has 4 heteroatoms. The summed E-state index contributed by atoms with van der Waals surface area (Å²) in [7, 11) is 0. The van der Waals surface area contributed by atoms with E-state index >= 15 is 0 Å². The van der Waals surface area contributed by atoms with E-state index in [-0.39, 0.29) is 6.04 Å². The van der Waals surface area contributed by atoms with Crippen LogP contribution in [0, 0.1) is 0 Å². The van der Waals surface area contributed by atoms with Crippen LogP contribution in [0.4, 0.5) is 0 Å². The van der Waals surface area contributed by atoms with Gasteiger partial charge in [0.05, 0.1) is 17.9 Å². The van der Waals surface area contributed by atoms with Gasteiger partial charge in [0.25, 0.3) is 0 Å². The maximum atomic E-state index is 5.80. The molecule has 0 bridgehead atoms. The lowest BCUT2D eigenvalue weighted by Crippen LogP contribution is -2.10. The molecule has 1 rings (SSSR count). The largest absolute Gasteiger partial charge is 0.323 e. The zero-order chi connectivity index (χ0) is 8.10. The van der Waals surface area contributed by atoms with Gasteiger partial charge >= 0.3 is 0 Å². The highest BCUT2D eigenvalue weighted by Crippen LogP contribution is 2.11. The number of unbranched alkanes of at least 4 members (excludes halogenated alkanes) is 1. The molecule has 62 valence electrons. The minimum atomic E-state index is 0.0497. The molecular weight excluding hydrogens is 140 g/mol. The van der Waals surface area contributed by atoms with Crippen molar-refractivity contribution in [3.8, 4) is 0 Å². The van der Waals surface area contributed by atoms with E-state index in [4.69, 9.17) is 5.73 Å². The second-order valence-electron chi connectivity index (χ2n) is 2.64. The average Bonchev–Trinajstić information content (AvgIpc) is 2.52. The Hall–Kier alpha value is -0.900. The number of rotatable bonds is 4. The maximum absolute atomic E-state index is 5.80. The SMILES string of the molecule is CCCCC(N)c1cn[nH]n1. The normalized spacial score (nSPS) is 13.3. The van der Waals surface area contributed by atoms with Crippen LogP contribution in [0.5, 0.6) is 0 Å². The lowest BCUT2D eigenvalue weighted by Gasteiger charge is -2.05. The van der Waals surface area contributed by atoms with Crippen molar-refractivity contribution < 1.29 is 0 Å². The Balaban J connectivity index is 2.36. The molecule has 0 amide bonds. The molecule has 0 fully saturated rings. The molecule has 0 aliphatic heterocycles. The number of hydrogen-bond donors (Lipinski definition) is 2. The van der Waals surface area contributed by atoms with Crippen molar-refractivity contribution in [2.75, 3.05) is 0 Å². The smallest absolute Gasteiger partial charge is 0.0991 e. The van der Waals surface area contributed by atoms with Crippen LogP contribution in [0.25, 0.3) is 0 Å². The number of aromatic amines is 1. The van der Waals surface area contributed by atoms with E-state index in [1.165, 1.54) is 6.42 Å². The van der Waals surface area contributed by atoms with Gasteiger partial charge in [0.1, 0.15) is 0 Å². The van der Waals surface area contributed by atoms with E-state index in [1.54, 1.807) is 6.20 Å². The highest BCUT2D eigenvalue weighted by atomic mass is 15.3. The first-order valence-electron chi connectivity index (χ1n) is 3.96. The second kappa shape index (κ2) is 4.08. The first-order chi connectivity index (χ1) is 5.34. The van der Waals surface area contributed by atoms with Crippen molar-refractivity contribution in [3.63, 3.8) is 0 Å². The summed E-state index contributed by atoms with van der Waals surface area (Å²) in [6.07, 6.45) is 4.99. The van der Waals surface area contributed by atoms with Gasteiger partial charge in [-0.1, -0.05) is 19.8 Å². The first kappa shape index (κ1) is 8.20. The Bertz CT molecular complexity index is 182. The first-order valence-corrected chi connectivity index (χ1v) is 3.96. The van der Waals surface area contributed by atoms with Gasteiger partial charge in [-0.15, -0.1) is 0 Å². The molecule has 3 N–H and O–H groups in total. The summed E-state index contributed by atoms with van der Waals surface area (Å²) in [6, 6.07) is 0.0497. The lowest BCUT2D eigenvalue weighted by molar-refractivity contribution is 0.589. The van der Waals surface area contributed by atoms with E-state index in [2.05, 4.69) is 22.3 Å². The van der Waals surface area contributed by atoms with E-state index in [0.717, 1.165) is 18.5 Å². The van der Waals surface area contributed by atoms with Crippen molar-refractivity contribution in [3.05, 3.63) is 11.9 Å². The molecule has 4 nitrogen and oxygen atoms in total. The molecule has 0 aromatic carbocycles. The highest BCUT2D eigenvalue weighted by molar-refractivity contribution is 4.97. The molecule has 1 heterocycles. The fraction of sp³-hybridized carbons (Fsp3) is 0.714. The lowest BCUT2D eigenvalue weighted by atomic mass is 10.1. The van der Waals surface area contributed by atoms with Crippen LogP contribution in [0.15, 0.2) is 6.20 Å². The van der Waals surface area contributed by atoms with Crippen LogP contribution in [-0.4, -0.2) is 15.4 Å². The third-order valence-corrected chi connectivity index (χ3v) is 1.68. The van der Waals surface area contributed by atoms with Gasteiger partial charge in [-0.25, -0.2) is 0 Å². The minimum absolute atomic E-state index is 0.0497.